The van der Waals surface area contributed by atoms with Gasteiger partial charge < -0.3 is 10.4 Å². The van der Waals surface area contributed by atoms with Crippen molar-refractivity contribution in [1.29, 1.82) is 0 Å². The summed E-state index contributed by atoms with van der Waals surface area (Å²) >= 11 is 1.25. The van der Waals surface area contributed by atoms with Crippen molar-refractivity contribution >= 4 is 28.9 Å². The van der Waals surface area contributed by atoms with Crippen LogP contribution >= 0.6 is 11.8 Å². The van der Waals surface area contributed by atoms with Gasteiger partial charge in [0.2, 0.25) is 0 Å². The number of nitrogens with one attached hydrogen (secondary N) is 1. The second-order valence-corrected chi connectivity index (χ2v) is 4.59. The fourth-order valence-electron chi connectivity index (χ4n) is 1.40. The SMILES string of the molecule is C=CCN=C1NC(=O)/C(=C/c2ccccc2O)S1. The lowest BCUT2D eigenvalue weighted by Gasteiger charge is -1.98. The smallest absolute Gasteiger partial charge is 0.264 e. The first-order valence-corrected chi connectivity index (χ1v) is 6.16. The first-order valence-electron chi connectivity index (χ1n) is 5.35. The summed E-state index contributed by atoms with van der Waals surface area (Å²) in [6.45, 7) is 4.03. The average Bonchev–Trinajstić information content (AvgIpc) is 2.70. The number of aromatic hydroxyl groups is 1. The molecule has 92 valence electrons. The summed E-state index contributed by atoms with van der Waals surface area (Å²) in [6.07, 6.45) is 3.30. The third-order valence-corrected chi connectivity index (χ3v) is 3.19. The highest BCUT2D eigenvalue weighted by atomic mass is 32.2. The van der Waals surface area contributed by atoms with E-state index in [2.05, 4.69) is 16.9 Å². The number of hydrogen-bond donors (Lipinski definition) is 2. The first kappa shape index (κ1) is 12.4. The molecule has 4 nitrogen and oxygen atoms in total. The summed E-state index contributed by atoms with van der Waals surface area (Å²) in [4.78, 5) is 16.3. The lowest BCUT2D eigenvalue weighted by Crippen LogP contribution is -2.19. The minimum atomic E-state index is -0.203. The topological polar surface area (TPSA) is 61.7 Å². The monoisotopic (exact) mass is 260 g/mol. The van der Waals surface area contributed by atoms with E-state index in [4.69, 9.17) is 0 Å². The summed E-state index contributed by atoms with van der Waals surface area (Å²) in [6, 6.07) is 6.86. The van der Waals surface area contributed by atoms with Crippen molar-refractivity contribution in [3.8, 4) is 5.75 Å². The van der Waals surface area contributed by atoms with E-state index in [-0.39, 0.29) is 11.7 Å². The Morgan fingerprint density at radius 2 is 2.22 bits per heavy atom. The zero-order valence-corrected chi connectivity index (χ0v) is 10.4. The molecular weight excluding hydrogens is 248 g/mol. The molecule has 0 spiro atoms. The number of amides is 1. The van der Waals surface area contributed by atoms with E-state index in [9.17, 15) is 9.90 Å². The van der Waals surface area contributed by atoms with Gasteiger partial charge in [-0.3, -0.25) is 9.79 Å². The van der Waals surface area contributed by atoms with Crippen LogP contribution < -0.4 is 5.32 Å². The maximum Gasteiger partial charge on any atom is 0.264 e. The van der Waals surface area contributed by atoms with E-state index in [1.807, 2.05) is 0 Å². The van der Waals surface area contributed by atoms with Crippen LogP contribution in [0.25, 0.3) is 6.08 Å². The van der Waals surface area contributed by atoms with E-state index < -0.39 is 0 Å². The Morgan fingerprint density at radius 1 is 1.44 bits per heavy atom. The second kappa shape index (κ2) is 5.55. The number of benzene rings is 1. The van der Waals surface area contributed by atoms with E-state index in [0.717, 1.165) is 0 Å². The van der Waals surface area contributed by atoms with Crippen LogP contribution in [0.1, 0.15) is 5.56 Å². The number of carbonyl (C=O) groups is 1. The van der Waals surface area contributed by atoms with E-state index in [1.165, 1.54) is 11.8 Å². The molecular formula is C13H12N2O2S. The average molecular weight is 260 g/mol. The predicted molar refractivity (Wildman–Crippen MR) is 74.3 cm³/mol. The molecule has 5 heteroatoms. The Bertz CT molecular complexity index is 550. The van der Waals surface area contributed by atoms with Gasteiger partial charge in [-0.2, -0.15) is 0 Å². The maximum absolute atomic E-state index is 11.7. The first-order chi connectivity index (χ1) is 8.70. The highest BCUT2D eigenvalue weighted by Gasteiger charge is 2.23. The highest BCUT2D eigenvalue weighted by Crippen LogP contribution is 2.28. The Morgan fingerprint density at radius 3 is 2.94 bits per heavy atom. The van der Waals surface area contributed by atoms with Crippen LogP contribution in [0.2, 0.25) is 0 Å². The third-order valence-electron chi connectivity index (χ3n) is 2.24. The Hall–Kier alpha value is -2.01. The molecule has 1 aromatic carbocycles. The van der Waals surface area contributed by atoms with E-state index >= 15 is 0 Å². The van der Waals surface area contributed by atoms with Gasteiger partial charge in [0.15, 0.2) is 5.17 Å². The van der Waals surface area contributed by atoms with Crippen LogP contribution in [0.5, 0.6) is 5.75 Å². The Balaban J connectivity index is 2.22. The van der Waals surface area contributed by atoms with Gasteiger partial charge in [-0.05, 0) is 23.9 Å². The van der Waals surface area contributed by atoms with Crippen LogP contribution in [0.3, 0.4) is 0 Å². The molecule has 0 radical (unpaired) electrons. The number of phenols is 1. The van der Waals surface area contributed by atoms with Crippen LogP contribution in [-0.2, 0) is 4.79 Å². The number of phenolic OH excluding ortho intramolecular Hbond substituents is 1. The van der Waals surface area contributed by atoms with E-state index in [0.29, 0.717) is 22.2 Å². The van der Waals surface area contributed by atoms with Crippen molar-refractivity contribution in [3.63, 3.8) is 0 Å². The summed E-state index contributed by atoms with van der Waals surface area (Å²) in [5.41, 5.74) is 0.611. The van der Waals surface area contributed by atoms with Crippen molar-refractivity contribution in [2.24, 2.45) is 4.99 Å². The van der Waals surface area contributed by atoms with Gasteiger partial charge in [0.25, 0.3) is 5.91 Å². The number of aliphatic imine (C=N–C) groups is 1. The highest BCUT2D eigenvalue weighted by molar-refractivity contribution is 8.18. The maximum atomic E-state index is 11.7. The molecule has 1 aliphatic rings. The number of rotatable bonds is 3. The van der Waals surface area contributed by atoms with Gasteiger partial charge in [0.1, 0.15) is 5.75 Å². The number of hydrogen-bond acceptors (Lipinski definition) is 4. The molecule has 1 saturated heterocycles. The van der Waals surface area contributed by atoms with Crippen LogP contribution in [0.15, 0.2) is 46.8 Å². The van der Waals surface area contributed by atoms with Gasteiger partial charge in [0.05, 0.1) is 11.4 Å². The number of carbonyl (C=O) groups excluding carboxylic acids is 1. The fraction of sp³-hybridized carbons (Fsp3) is 0.0769. The minimum absolute atomic E-state index is 0.148. The molecule has 0 aliphatic carbocycles. The number of thioether (sulfide) groups is 1. The van der Waals surface area contributed by atoms with Crippen molar-refractivity contribution in [1.82, 2.24) is 5.32 Å². The number of para-hydroxylation sites is 1. The largest absolute Gasteiger partial charge is 0.507 e. The normalized spacial score (nSPS) is 19.2. The van der Waals surface area contributed by atoms with Crippen molar-refractivity contribution < 1.29 is 9.90 Å². The van der Waals surface area contributed by atoms with Gasteiger partial charge >= 0.3 is 0 Å². The minimum Gasteiger partial charge on any atom is -0.507 e. The molecule has 18 heavy (non-hydrogen) atoms. The molecule has 0 bridgehead atoms. The van der Waals surface area contributed by atoms with Crippen molar-refractivity contribution in [3.05, 3.63) is 47.4 Å². The zero-order valence-electron chi connectivity index (χ0n) is 9.59. The molecule has 0 aromatic heterocycles. The van der Waals surface area contributed by atoms with Gasteiger partial charge in [-0.15, -0.1) is 6.58 Å². The number of nitrogens with zero attached hydrogens (tertiary/aromatic N) is 1. The standard InChI is InChI=1S/C13H12N2O2S/c1-2-7-14-13-15-12(17)11(18-13)8-9-5-3-4-6-10(9)16/h2-6,8,16H,1,7H2,(H,14,15,17)/b11-8-. The molecule has 0 unspecified atom stereocenters. The van der Waals surface area contributed by atoms with Gasteiger partial charge in [-0.1, -0.05) is 24.3 Å². The number of amidine groups is 1. The third kappa shape index (κ3) is 2.81. The molecule has 1 heterocycles. The molecule has 2 N–H and O–H groups in total. The van der Waals surface area contributed by atoms with Crippen LogP contribution in [-0.4, -0.2) is 22.7 Å². The predicted octanol–water partition coefficient (Wildman–Crippen LogP) is 2.14. The van der Waals surface area contributed by atoms with Crippen LogP contribution in [0.4, 0.5) is 0 Å². The quantitative estimate of drug-likeness (QED) is 0.646. The van der Waals surface area contributed by atoms with E-state index in [1.54, 1.807) is 36.4 Å². The summed E-state index contributed by atoms with van der Waals surface area (Å²) in [5, 5.41) is 12.8. The molecule has 0 atom stereocenters. The Labute approximate surface area is 109 Å². The van der Waals surface area contributed by atoms with Crippen molar-refractivity contribution in [2.45, 2.75) is 0 Å². The zero-order chi connectivity index (χ0) is 13.0. The summed E-state index contributed by atoms with van der Waals surface area (Å²) < 4.78 is 0. The molecule has 1 fully saturated rings. The van der Waals surface area contributed by atoms with Crippen molar-refractivity contribution in [2.75, 3.05) is 6.54 Å². The Kier molecular flexibility index (Phi) is 3.84. The molecule has 2 rings (SSSR count). The summed E-state index contributed by atoms with van der Waals surface area (Å²) in [7, 11) is 0. The second-order valence-electron chi connectivity index (χ2n) is 3.56. The van der Waals surface area contributed by atoms with Crippen LogP contribution in [0, 0.1) is 0 Å². The lowest BCUT2D eigenvalue weighted by atomic mass is 10.2. The van der Waals surface area contributed by atoms with Gasteiger partial charge in [0, 0.05) is 5.56 Å². The summed E-state index contributed by atoms with van der Waals surface area (Å²) in [5.74, 6) is -0.0547. The molecule has 0 saturated carbocycles. The molecule has 1 amide bonds. The molecule has 1 aliphatic heterocycles. The lowest BCUT2D eigenvalue weighted by molar-refractivity contribution is -0.115. The fourth-order valence-corrected chi connectivity index (χ4v) is 2.22. The molecule has 1 aromatic rings. The van der Waals surface area contributed by atoms with Gasteiger partial charge in [-0.25, -0.2) is 0 Å².